The van der Waals surface area contributed by atoms with E-state index in [1.54, 1.807) is 26.2 Å². The molecule has 0 aliphatic carbocycles. The Morgan fingerprint density at radius 3 is 2.21 bits per heavy atom. The molecule has 0 bridgehead atoms. The largest absolute Gasteiger partial charge is 0.496 e. The van der Waals surface area contributed by atoms with Crippen LogP contribution in [0.3, 0.4) is 0 Å². The van der Waals surface area contributed by atoms with Gasteiger partial charge in [0.25, 0.3) is 0 Å². The summed E-state index contributed by atoms with van der Waals surface area (Å²) >= 11 is 0. The highest BCUT2D eigenvalue weighted by Gasteiger charge is 2.22. The third-order valence-electron chi connectivity index (χ3n) is 4.42. The molecule has 0 unspecified atom stereocenters. The zero-order chi connectivity index (χ0) is 17.9. The average molecular weight is 347 g/mol. The summed E-state index contributed by atoms with van der Waals surface area (Å²) in [6.45, 7) is 7.60. The van der Waals surface area contributed by atoms with Gasteiger partial charge in [-0.15, -0.1) is 0 Å². The van der Waals surface area contributed by atoms with Gasteiger partial charge in [0.2, 0.25) is 10.0 Å². The third-order valence-corrected chi connectivity index (χ3v) is 6.10. The molecule has 130 valence electrons. The summed E-state index contributed by atoms with van der Waals surface area (Å²) in [5.41, 5.74) is 3.71. The summed E-state index contributed by atoms with van der Waals surface area (Å²) in [5.74, 6) is 0.689. The van der Waals surface area contributed by atoms with Gasteiger partial charge in [0.15, 0.2) is 0 Å². The van der Waals surface area contributed by atoms with E-state index in [9.17, 15) is 8.42 Å². The lowest BCUT2D eigenvalue weighted by Crippen LogP contribution is -2.27. The van der Waals surface area contributed by atoms with Gasteiger partial charge in [-0.3, -0.25) is 0 Å². The summed E-state index contributed by atoms with van der Waals surface area (Å²) in [4.78, 5) is 0.290. The Morgan fingerprint density at radius 2 is 1.67 bits per heavy atom. The summed E-state index contributed by atoms with van der Waals surface area (Å²) in [5, 5.41) is 0. The molecule has 2 rings (SSSR count). The Balaban J connectivity index is 2.29. The summed E-state index contributed by atoms with van der Waals surface area (Å²) in [6.07, 6.45) is 0.963. The lowest BCUT2D eigenvalue weighted by Gasteiger charge is -2.18. The van der Waals surface area contributed by atoms with Crippen LogP contribution >= 0.6 is 0 Å². The van der Waals surface area contributed by atoms with Gasteiger partial charge < -0.3 is 4.74 Å². The van der Waals surface area contributed by atoms with Gasteiger partial charge in [-0.25, -0.2) is 13.1 Å². The molecule has 0 aromatic heterocycles. The van der Waals surface area contributed by atoms with Crippen LogP contribution in [0.5, 0.6) is 5.75 Å². The van der Waals surface area contributed by atoms with Crippen molar-refractivity contribution < 1.29 is 13.2 Å². The van der Waals surface area contributed by atoms with Crippen LogP contribution in [0.15, 0.2) is 41.3 Å². The van der Waals surface area contributed by atoms with Gasteiger partial charge in [-0.1, -0.05) is 31.2 Å². The Labute approximate surface area is 144 Å². The van der Waals surface area contributed by atoms with Crippen molar-refractivity contribution in [1.29, 1.82) is 0 Å². The number of ether oxygens (including phenoxy) is 1. The van der Waals surface area contributed by atoms with Crippen molar-refractivity contribution in [3.8, 4) is 5.75 Å². The zero-order valence-electron chi connectivity index (χ0n) is 14.9. The van der Waals surface area contributed by atoms with Crippen LogP contribution in [0, 0.1) is 13.8 Å². The molecule has 0 aliphatic heterocycles. The number of aryl methyl sites for hydroxylation is 1. The van der Waals surface area contributed by atoms with Crippen LogP contribution in [0.1, 0.15) is 42.1 Å². The molecular formula is C19H25NO3S. The molecule has 0 fully saturated rings. The molecule has 0 amide bonds. The van der Waals surface area contributed by atoms with Crippen LogP contribution in [0.2, 0.25) is 0 Å². The van der Waals surface area contributed by atoms with E-state index in [4.69, 9.17) is 4.74 Å². The van der Waals surface area contributed by atoms with Gasteiger partial charge in [-0.2, -0.15) is 0 Å². The van der Waals surface area contributed by atoms with Gasteiger partial charge in [-0.05, 0) is 61.6 Å². The predicted octanol–water partition coefficient (Wildman–Crippen LogP) is 3.91. The minimum Gasteiger partial charge on any atom is -0.496 e. The fourth-order valence-corrected chi connectivity index (χ4v) is 4.22. The van der Waals surface area contributed by atoms with Crippen molar-refractivity contribution in [1.82, 2.24) is 4.72 Å². The second kappa shape index (κ2) is 7.36. The topological polar surface area (TPSA) is 55.4 Å². The van der Waals surface area contributed by atoms with Gasteiger partial charge >= 0.3 is 0 Å². The number of hydrogen-bond donors (Lipinski definition) is 1. The van der Waals surface area contributed by atoms with Crippen LogP contribution in [0.4, 0.5) is 0 Å². The normalized spacial score (nSPS) is 12.9. The fraction of sp³-hybridized carbons (Fsp3) is 0.368. The monoisotopic (exact) mass is 347 g/mol. The Morgan fingerprint density at radius 1 is 1.04 bits per heavy atom. The number of methoxy groups -OCH3 is 1. The van der Waals surface area contributed by atoms with Crippen molar-refractivity contribution in [2.45, 2.75) is 45.1 Å². The molecule has 2 aromatic carbocycles. The Hall–Kier alpha value is -1.85. The minimum absolute atomic E-state index is 0.290. The Bertz CT molecular complexity index is 811. The lowest BCUT2D eigenvalue weighted by molar-refractivity contribution is 0.410. The van der Waals surface area contributed by atoms with Crippen LogP contribution < -0.4 is 9.46 Å². The molecule has 0 spiro atoms. The highest BCUT2D eigenvalue weighted by Crippen LogP contribution is 2.27. The molecule has 0 saturated carbocycles. The van der Waals surface area contributed by atoms with Crippen LogP contribution in [-0.2, 0) is 16.4 Å². The van der Waals surface area contributed by atoms with E-state index in [1.165, 1.54) is 5.56 Å². The van der Waals surface area contributed by atoms with E-state index >= 15 is 0 Å². The maximum absolute atomic E-state index is 12.8. The Kier molecular flexibility index (Phi) is 5.67. The van der Waals surface area contributed by atoms with E-state index < -0.39 is 10.0 Å². The number of hydrogen-bond acceptors (Lipinski definition) is 3. The van der Waals surface area contributed by atoms with E-state index in [2.05, 4.69) is 11.6 Å². The molecule has 0 heterocycles. The summed E-state index contributed by atoms with van der Waals surface area (Å²) in [6, 6.07) is 11.0. The maximum atomic E-state index is 12.8. The lowest BCUT2D eigenvalue weighted by atomic mass is 10.1. The second-order valence-electron chi connectivity index (χ2n) is 5.95. The molecule has 0 radical (unpaired) electrons. The number of sulfonamides is 1. The smallest absolute Gasteiger partial charge is 0.241 e. The SMILES string of the molecule is CCc1ccc([C@H](C)NS(=O)(=O)c2ccc(OC)c(C)c2C)cc1. The molecule has 5 heteroatoms. The fourth-order valence-electron chi connectivity index (χ4n) is 2.69. The van der Waals surface area contributed by atoms with E-state index in [-0.39, 0.29) is 10.9 Å². The first-order valence-corrected chi connectivity index (χ1v) is 9.53. The minimum atomic E-state index is -3.61. The van der Waals surface area contributed by atoms with Crippen molar-refractivity contribution in [3.63, 3.8) is 0 Å². The summed E-state index contributed by atoms with van der Waals surface area (Å²) in [7, 11) is -2.03. The van der Waals surface area contributed by atoms with E-state index in [1.807, 2.05) is 38.1 Å². The van der Waals surface area contributed by atoms with Crippen molar-refractivity contribution in [2.75, 3.05) is 7.11 Å². The molecule has 1 N–H and O–H groups in total. The first-order chi connectivity index (χ1) is 11.3. The standard InChI is InChI=1S/C19H25NO3S/c1-6-16-7-9-17(10-8-16)15(4)20-24(21,22)19-12-11-18(23-5)13(2)14(19)3/h7-12,15,20H,6H2,1-5H3/t15-/m0/s1. The highest BCUT2D eigenvalue weighted by atomic mass is 32.2. The highest BCUT2D eigenvalue weighted by molar-refractivity contribution is 7.89. The van der Waals surface area contributed by atoms with E-state index in [0.717, 1.165) is 17.5 Å². The molecule has 0 saturated heterocycles. The molecule has 0 aliphatic rings. The third kappa shape index (κ3) is 3.79. The van der Waals surface area contributed by atoms with Crippen molar-refractivity contribution in [3.05, 3.63) is 58.7 Å². The molecule has 4 nitrogen and oxygen atoms in total. The maximum Gasteiger partial charge on any atom is 0.241 e. The summed E-state index contributed by atoms with van der Waals surface area (Å²) < 4.78 is 33.5. The van der Waals surface area contributed by atoms with Crippen molar-refractivity contribution in [2.24, 2.45) is 0 Å². The first kappa shape index (κ1) is 18.5. The molecular weight excluding hydrogens is 322 g/mol. The predicted molar refractivity (Wildman–Crippen MR) is 97.0 cm³/mol. The number of benzene rings is 2. The van der Waals surface area contributed by atoms with Gasteiger partial charge in [0.05, 0.1) is 12.0 Å². The van der Waals surface area contributed by atoms with Crippen LogP contribution in [0.25, 0.3) is 0 Å². The van der Waals surface area contributed by atoms with Crippen LogP contribution in [-0.4, -0.2) is 15.5 Å². The quantitative estimate of drug-likeness (QED) is 0.862. The molecule has 24 heavy (non-hydrogen) atoms. The number of nitrogens with one attached hydrogen (secondary N) is 1. The van der Waals surface area contributed by atoms with Gasteiger partial charge in [0, 0.05) is 6.04 Å². The zero-order valence-corrected chi connectivity index (χ0v) is 15.7. The number of rotatable bonds is 6. The average Bonchev–Trinajstić information content (AvgIpc) is 2.56. The second-order valence-corrected chi connectivity index (χ2v) is 7.64. The first-order valence-electron chi connectivity index (χ1n) is 8.05. The molecule has 1 atom stereocenters. The van der Waals surface area contributed by atoms with Gasteiger partial charge in [0.1, 0.15) is 5.75 Å². The van der Waals surface area contributed by atoms with E-state index in [0.29, 0.717) is 11.3 Å². The van der Waals surface area contributed by atoms with Crippen molar-refractivity contribution >= 4 is 10.0 Å². The molecule has 2 aromatic rings.